The van der Waals surface area contributed by atoms with Crippen molar-refractivity contribution in [1.82, 2.24) is 0 Å². The maximum Gasteiger partial charge on any atom is 0.143 e. The van der Waals surface area contributed by atoms with Crippen LogP contribution in [0.4, 0.5) is 17.1 Å². The third-order valence-electron chi connectivity index (χ3n) is 11.5. The predicted octanol–water partition coefficient (Wildman–Crippen LogP) is 13.3. The van der Waals surface area contributed by atoms with E-state index >= 15 is 0 Å². The SMILES string of the molecule is CC1(C)c2ccccc2-c2ccc(N(c3cccc(-c4cccc5c4oc4ccccc45)c3)c3ccc4c(c3)C(C)(C)c3ccccc3-4)cc21. The Morgan fingerprint density at radius 3 is 1.56 bits per heavy atom. The van der Waals surface area contributed by atoms with Crippen LogP contribution in [-0.4, -0.2) is 0 Å². The van der Waals surface area contributed by atoms with E-state index in [1.165, 1.54) is 44.5 Å². The number of hydrogen-bond acceptors (Lipinski definition) is 2. The van der Waals surface area contributed by atoms with Crippen LogP contribution in [-0.2, 0) is 10.8 Å². The molecule has 0 radical (unpaired) electrons. The summed E-state index contributed by atoms with van der Waals surface area (Å²) < 4.78 is 6.50. The highest BCUT2D eigenvalue weighted by atomic mass is 16.3. The van der Waals surface area contributed by atoms with Gasteiger partial charge < -0.3 is 9.32 Å². The zero-order valence-corrected chi connectivity index (χ0v) is 28.8. The fourth-order valence-corrected chi connectivity index (χ4v) is 8.90. The Bertz CT molecular complexity index is 2560. The van der Waals surface area contributed by atoms with E-state index in [0.29, 0.717) is 0 Å². The van der Waals surface area contributed by atoms with Crippen molar-refractivity contribution in [2.75, 3.05) is 4.90 Å². The van der Waals surface area contributed by atoms with Gasteiger partial charge in [-0.2, -0.15) is 0 Å². The van der Waals surface area contributed by atoms with E-state index in [-0.39, 0.29) is 10.8 Å². The number of nitrogens with zero attached hydrogens (tertiary/aromatic N) is 1. The number of hydrogen-bond donors (Lipinski definition) is 0. The van der Waals surface area contributed by atoms with E-state index in [1.54, 1.807) is 0 Å². The lowest BCUT2D eigenvalue weighted by Crippen LogP contribution is -2.18. The third-order valence-corrected chi connectivity index (χ3v) is 11.5. The van der Waals surface area contributed by atoms with E-state index in [0.717, 1.165) is 50.1 Å². The molecular weight excluding hydrogens is 607 g/mol. The molecule has 1 heterocycles. The van der Waals surface area contributed by atoms with E-state index < -0.39 is 0 Å². The number of rotatable bonds is 4. The van der Waals surface area contributed by atoms with Crippen LogP contribution in [0.1, 0.15) is 49.9 Å². The smallest absolute Gasteiger partial charge is 0.143 e. The maximum absolute atomic E-state index is 6.50. The Hall–Kier alpha value is -5.86. The summed E-state index contributed by atoms with van der Waals surface area (Å²) in [5.41, 5.74) is 18.1. The van der Waals surface area contributed by atoms with Crippen molar-refractivity contribution in [3.05, 3.63) is 174 Å². The van der Waals surface area contributed by atoms with Gasteiger partial charge in [-0.1, -0.05) is 137 Å². The second kappa shape index (κ2) is 10.3. The number of anilines is 3. The molecule has 0 spiro atoms. The monoisotopic (exact) mass is 643 g/mol. The molecule has 0 bridgehead atoms. The minimum absolute atomic E-state index is 0.103. The molecule has 0 N–H and O–H groups in total. The Balaban J connectivity index is 1.18. The molecule has 240 valence electrons. The van der Waals surface area contributed by atoms with Gasteiger partial charge in [0.1, 0.15) is 11.2 Å². The van der Waals surface area contributed by atoms with Gasteiger partial charge in [0.2, 0.25) is 0 Å². The van der Waals surface area contributed by atoms with Crippen LogP contribution in [0.5, 0.6) is 0 Å². The molecule has 2 aliphatic rings. The molecule has 0 amide bonds. The van der Waals surface area contributed by atoms with Gasteiger partial charge in [-0.15, -0.1) is 0 Å². The van der Waals surface area contributed by atoms with E-state index in [9.17, 15) is 0 Å². The lowest BCUT2D eigenvalue weighted by Gasteiger charge is -2.30. The summed E-state index contributed by atoms with van der Waals surface area (Å²) in [7, 11) is 0. The molecule has 2 heteroatoms. The fraction of sp³-hybridized carbons (Fsp3) is 0.125. The minimum atomic E-state index is -0.103. The van der Waals surface area contributed by atoms with Crippen molar-refractivity contribution < 1.29 is 4.42 Å². The first-order valence-corrected chi connectivity index (χ1v) is 17.6. The van der Waals surface area contributed by atoms with Crippen LogP contribution in [0.25, 0.3) is 55.3 Å². The summed E-state index contributed by atoms with van der Waals surface area (Å²) in [6.45, 7) is 9.43. The average Bonchev–Trinajstić information content (AvgIpc) is 3.72. The summed E-state index contributed by atoms with van der Waals surface area (Å²) in [4.78, 5) is 2.45. The van der Waals surface area contributed by atoms with E-state index in [1.807, 2.05) is 6.07 Å². The van der Waals surface area contributed by atoms with E-state index in [2.05, 4.69) is 178 Å². The largest absolute Gasteiger partial charge is 0.455 e. The van der Waals surface area contributed by atoms with Crippen LogP contribution in [0, 0.1) is 0 Å². The standard InChI is InChI=1S/C48H37NO/c1-47(2)41-20-8-5-15-35(41)37-25-23-32(28-43(37)47)49(33-24-26-38-36-16-6-9-21-42(36)48(3,4)44(38)29-33)31-14-11-13-30(27-31)34-18-12-19-40-39-17-7-10-22-45(39)50-46(34)40/h5-29H,1-4H3. The first-order chi connectivity index (χ1) is 24.3. The molecule has 1 aromatic heterocycles. The quantitative estimate of drug-likeness (QED) is 0.190. The highest BCUT2D eigenvalue weighted by molar-refractivity contribution is 6.09. The van der Waals surface area contributed by atoms with Crippen LogP contribution in [0.3, 0.4) is 0 Å². The molecule has 0 saturated carbocycles. The fourth-order valence-electron chi connectivity index (χ4n) is 8.90. The summed E-state index contributed by atoms with van der Waals surface area (Å²) in [6, 6.07) is 55.6. The van der Waals surface area contributed by atoms with Gasteiger partial charge in [-0.3, -0.25) is 0 Å². The normalized spacial score (nSPS) is 14.7. The van der Waals surface area contributed by atoms with Gasteiger partial charge in [0, 0.05) is 44.2 Å². The molecule has 7 aromatic carbocycles. The van der Waals surface area contributed by atoms with Crippen LogP contribution < -0.4 is 4.90 Å². The maximum atomic E-state index is 6.50. The molecular formula is C48H37NO. The topological polar surface area (TPSA) is 16.4 Å². The molecule has 0 atom stereocenters. The summed E-state index contributed by atoms with van der Waals surface area (Å²) in [5, 5.41) is 2.28. The molecule has 0 fully saturated rings. The van der Waals surface area contributed by atoms with Gasteiger partial charge in [-0.25, -0.2) is 0 Å². The Morgan fingerprint density at radius 2 is 0.900 bits per heavy atom. The Labute approximate surface area is 293 Å². The zero-order valence-electron chi connectivity index (χ0n) is 28.8. The van der Waals surface area contributed by atoms with Gasteiger partial charge in [0.25, 0.3) is 0 Å². The van der Waals surface area contributed by atoms with Crippen molar-refractivity contribution in [2.24, 2.45) is 0 Å². The molecule has 8 aromatic rings. The molecule has 2 aliphatic carbocycles. The minimum Gasteiger partial charge on any atom is -0.455 e. The highest BCUT2D eigenvalue weighted by Crippen LogP contribution is 2.53. The predicted molar refractivity (Wildman–Crippen MR) is 209 cm³/mol. The lowest BCUT2D eigenvalue weighted by molar-refractivity contribution is 0.660. The third kappa shape index (κ3) is 4.02. The van der Waals surface area contributed by atoms with Gasteiger partial charge >= 0.3 is 0 Å². The van der Waals surface area contributed by atoms with Crippen molar-refractivity contribution >= 4 is 39.0 Å². The number of para-hydroxylation sites is 2. The molecule has 0 unspecified atom stereocenters. The second-order valence-electron chi connectivity index (χ2n) is 15.0. The van der Waals surface area contributed by atoms with Crippen LogP contribution >= 0.6 is 0 Å². The molecule has 2 nitrogen and oxygen atoms in total. The van der Waals surface area contributed by atoms with Gasteiger partial charge in [-0.05, 0) is 92.5 Å². The molecule has 50 heavy (non-hydrogen) atoms. The first kappa shape index (κ1) is 29.1. The van der Waals surface area contributed by atoms with Crippen molar-refractivity contribution in [2.45, 2.75) is 38.5 Å². The van der Waals surface area contributed by atoms with Crippen molar-refractivity contribution in [1.29, 1.82) is 0 Å². The zero-order chi connectivity index (χ0) is 33.8. The highest BCUT2D eigenvalue weighted by Gasteiger charge is 2.37. The van der Waals surface area contributed by atoms with Crippen molar-refractivity contribution in [3.63, 3.8) is 0 Å². The first-order valence-electron chi connectivity index (χ1n) is 17.6. The molecule has 0 saturated heterocycles. The van der Waals surface area contributed by atoms with Gasteiger partial charge in [0.05, 0.1) is 0 Å². The lowest BCUT2D eigenvalue weighted by atomic mass is 9.82. The Kier molecular flexibility index (Phi) is 6.01. The average molecular weight is 644 g/mol. The summed E-state index contributed by atoms with van der Waals surface area (Å²) >= 11 is 0. The second-order valence-corrected chi connectivity index (χ2v) is 15.0. The van der Waals surface area contributed by atoms with Gasteiger partial charge in [0.15, 0.2) is 0 Å². The Morgan fingerprint density at radius 1 is 0.400 bits per heavy atom. The summed E-state index contributed by atoms with van der Waals surface area (Å²) in [6.07, 6.45) is 0. The number of benzene rings is 7. The van der Waals surface area contributed by atoms with Crippen molar-refractivity contribution in [3.8, 4) is 33.4 Å². The number of fused-ring (bicyclic) bond motifs is 9. The molecule has 0 aliphatic heterocycles. The number of furan rings is 1. The van der Waals surface area contributed by atoms with E-state index in [4.69, 9.17) is 4.42 Å². The molecule has 10 rings (SSSR count). The summed E-state index contributed by atoms with van der Waals surface area (Å²) in [5.74, 6) is 0. The van der Waals surface area contributed by atoms with Crippen LogP contribution in [0.15, 0.2) is 156 Å². The van der Waals surface area contributed by atoms with Crippen LogP contribution in [0.2, 0.25) is 0 Å².